The number of aliphatic hydroxyl groups is 2. The van der Waals surface area contributed by atoms with E-state index in [0.717, 1.165) is 6.07 Å². The maximum atomic E-state index is 14.3. The number of halogens is 3. The van der Waals surface area contributed by atoms with Gasteiger partial charge in [-0.1, -0.05) is 37.0 Å². The van der Waals surface area contributed by atoms with Gasteiger partial charge in [0.15, 0.2) is 0 Å². The number of aliphatic hydroxyl groups excluding tert-OH is 2. The molecule has 0 radical (unpaired) electrons. The number of aromatic nitrogens is 2. The number of benzene rings is 1. The third-order valence-corrected chi connectivity index (χ3v) is 4.13. The standard InChI is InChI=1S/C16H13Cl2FN2O3.C2H6/c17-8-5-9-10(7-21-16(9)20-6-8)15(23)13-11(19)1-2-12(14(13)18)24-4-3-22;1-2/h1-2,5-7,15,22-23H,3-4H2,(H,20,21);1-2H3. The molecule has 1 atom stereocenters. The smallest absolute Gasteiger partial charge is 0.138 e. The van der Waals surface area contributed by atoms with Crippen molar-refractivity contribution >= 4 is 34.2 Å². The first-order valence-electron chi connectivity index (χ1n) is 8.05. The first kappa shape index (κ1) is 20.5. The van der Waals surface area contributed by atoms with Crippen LogP contribution in [-0.2, 0) is 0 Å². The number of aromatic amines is 1. The Morgan fingerprint density at radius 1 is 1.31 bits per heavy atom. The maximum absolute atomic E-state index is 14.3. The normalized spacial score (nSPS) is 11.8. The van der Waals surface area contributed by atoms with Crippen LogP contribution < -0.4 is 4.74 Å². The second-order valence-corrected chi connectivity index (χ2v) is 5.86. The molecule has 1 aromatic carbocycles. The summed E-state index contributed by atoms with van der Waals surface area (Å²) in [5.41, 5.74) is 0.783. The van der Waals surface area contributed by atoms with Crippen LogP contribution in [0.25, 0.3) is 11.0 Å². The monoisotopic (exact) mass is 400 g/mol. The first-order valence-corrected chi connectivity index (χ1v) is 8.80. The van der Waals surface area contributed by atoms with Crippen LogP contribution in [0.3, 0.4) is 0 Å². The summed E-state index contributed by atoms with van der Waals surface area (Å²) in [6.45, 7) is 3.80. The zero-order valence-corrected chi connectivity index (χ0v) is 15.8. The third-order valence-electron chi connectivity index (χ3n) is 3.54. The minimum atomic E-state index is -1.34. The van der Waals surface area contributed by atoms with E-state index in [4.69, 9.17) is 33.0 Å². The summed E-state index contributed by atoms with van der Waals surface area (Å²) in [5.74, 6) is -0.495. The molecule has 0 aliphatic rings. The van der Waals surface area contributed by atoms with E-state index in [-0.39, 0.29) is 29.5 Å². The van der Waals surface area contributed by atoms with Gasteiger partial charge in [0, 0.05) is 28.9 Å². The van der Waals surface area contributed by atoms with Crippen molar-refractivity contribution in [3.05, 3.63) is 57.6 Å². The average molecular weight is 401 g/mol. The Bertz CT molecular complexity index is 886. The number of hydrogen-bond acceptors (Lipinski definition) is 4. The molecule has 3 N–H and O–H groups in total. The summed E-state index contributed by atoms with van der Waals surface area (Å²) in [5, 5.41) is 20.4. The number of H-pyrrole nitrogens is 1. The van der Waals surface area contributed by atoms with Gasteiger partial charge < -0.3 is 19.9 Å². The minimum Gasteiger partial charge on any atom is -0.490 e. The van der Waals surface area contributed by atoms with Gasteiger partial charge in [0.25, 0.3) is 0 Å². The SMILES string of the molecule is CC.OCCOc1ccc(F)c(C(O)c2c[nH]c3ncc(Cl)cc23)c1Cl. The van der Waals surface area contributed by atoms with Gasteiger partial charge >= 0.3 is 0 Å². The molecule has 0 saturated heterocycles. The quantitative estimate of drug-likeness (QED) is 0.589. The second-order valence-electron chi connectivity index (χ2n) is 5.04. The molecule has 3 aromatic rings. The van der Waals surface area contributed by atoms with Gasteiger partial charge in [-0.05, 0) is 18.2 Å². The summed E-state index contributed by atoms with van der Waals surface area (Å²) in [6, 6.07) is 4.12. The van der Waals surface area contributed by atoms with Crippen LogP contribution >= 0.6 is 23.2 Å². The van der Waals surface area contributed by atoms with Crippen molar-refractivity contribution in [2.24, 2.45) is 0 Å². The van der Waals surface area contributed by atoms with Gasteiger partial charge in [0.1, 0.15) is 29.9 Å². The predicted molar refractivity (Wildman–Crippen MR) is 101 cm³/mol. The molecule has 0 bridgehead atoms. The summed E-state index contributed by atoms with van der Waals surface area (Å²) in [4.78, 5) is 7.00. The molecule has 0 saturated carbocycles. The lowest BCUT2D eigenvalue weighted by Crippen LogP contribution is -2.07. The van der Waals surface area contributed by atoms with Gasteiger partial charge in [-0.3, -0.25) is 0 Å². The predicted octanol–water partition coefficient (Wildman–Crippen LogP) is 4.49. The second kappa shape index (κ2) is 9.19. The highest BCUT2D eigenvalue weighted by molar-refractivity contribution is 6.33. The van der Waals surface area contributed by atoms with E-state index in [9.17, 15) is 9.50 Å². The maximum Gasteiger partial charge on any atom is 0.138 e. The highest BCUT2D eigenvalue weighted by Crippen LogP contribution is 2.38. The first-order chi connectivity index (χ1) is 12.5. The van der Waals surface area contributed by atoms with E-state index in [1.165, 1.54) is 18.5 Å². The Balaban J connectivity index is 0.00000117. The molecule has 0 amide bonds. The van der Waals surface area contributed by atoms with E-state index in [2.05, 4.69) is 9.97 Å². The summed E-state index contributed by atoms with van der Waals surface area (Å²) in [7, 11) is 0. The molecule has 1 unspecified atom stereocenters. The number of nitrogens with zero attached hydrogens (tertiary/aromatic N) is 1. The molecule has 3 rings (SSSR count). The highest BCUT2D eigenvalue weighted by atomic mass is 35.5. The fourth-order valence-corrected chi connectivity index (χ4v) is 2.92. The van der Waals surface area contributed by atoms with Crippen molar-refractivity contribution in [2.75, 3.05) is 13.2 Å². The Hall–Kier alpha value is -1.86. The van der Waals surface area contributed by atoms with Crippen LogP contribution in [0, 0.1) is 5.82 Å². The number of ether oxygens (including phenoxy) is 1. The summed E-state index contributed by atoms with van der Waals surface area (Å²) < 4.78 is 19.5. The molecular formula is C18H19Cl2FN2O3. The molecule has 0 spiro atoms. The number of pyridine rings is 1. The number of nitrogens with one attached hydrogen (secondary N) is 1. The van der Waals surface area contributed by atoms with E-state index in [1.54, 1.807) is 6.07 Å². The molecule has 8 heteroatoms. The topological polar surface area (TPSA) is 78.4 Å². The Morgan fingerprint density at radius 2 is 2.04 bits per heavy atom. The highest BCUT2D eigenvalue weighted by Gasteiger charge is 2.24. The fourth-order valence-electron chi connectivity index (χ4n) is 2.45. The molecule has 0 aliphatic heterocycles. The summed E-state index contributed by atoms with van der Waals surface area (Å²) >= 11 is 12.1. The molecule has 26 heavy (non-hydrogen) atoms. The molecule has 5 nitrogen and oxygen atoms in total. The fraction of sp³-hybridized carbons (Fsp3) is 0.278. The van der Waals surface area contributed by atoms with Crippen molar-refractivity contribution in [3.8, 4) is 5.75 Å². The van der Waals surface area contributed by atoms with E-state index in [1.807, 2.05) is 13.8 Å². The van der Waals surface area contributed by atoms with E-state index in [0.29, 0.717) is 21.6 Å². The molecule has 2 aromatic heterocycles. The van der Waals surface area contributed by atoms with Gasteiger partial charge in [0.05, 0.1) is 16.7 Å². The largest absolute Gasteiger partial charge is 0.490 e. The molecular weight excluding hydrogens is 382 g/mol. The van der Waals surface area contributed by atoms with Crippen LogP contribution in [-0.4, -0.2) is 33.4 Å². The molecule has 140 valence electrons. The van der Waals surface area contributed by atoms with Crippen LogP contribution in [0.4, 0.5) is 4.39 Å². The Morgan fingerprint density at radius 3 is 2.73 bits per heavy atom. The zero-order valence-electron chi connectivity index (χ0n) is 14.3. The van der Waals surface area contributed by atoms with Crippen LogP contribution in [0.1, 0.15) is 31.1 Å². The van der Waals surface area contributed by atoms with Crippen molar-refractivity contribution < 1.29 is 19.3 Å². The van der Waals surface area contributed by atoms with Crippen molar-refractivity contribution in [1.29, 1.82) is 0 Å². The lowest BCUT2D eigenvalue weighted by atomic mass is 10.0. The van der Waals surface area contributed by atoms with Gasteiger partial charge in [-0.2, -0.15) is 0 Å². The number of rotatable bonds is 5. The van der Waals surface area contributed by atoms with E-state index < -0.39 is 11.9 Å². The van der Waals surface area contributed by atoms with Crippen molar-refractivity contribution in [1.82, 2.24) is 9.97 Å². The lowest BCUT2D eigenvalue weighted by molar-refractivity contribution is 0.198. The third kappa shape index (κ3) is 4.10. The Labute approximate surface area is 160 Å². The molecule has 0 aliphatic carbocycles. The van der Waals surface area contributed by atoms with Crippen LogP contribution in [0.2, 0.25) is 10.0 Å². The molecule has 0 fully saturated rings. The molecule has 2 heterocycles. The zero-order chi connectivity index (χ0) is 19.3. The summed E-state index contributed by atoms with van der Waals surface area (Å²) in [6.07, 6.45) is 1.65. The van der Waals surface area contributed by atoms with Gasteiger partial charge in [-0.25, -0.2) is 9.37 Å². The van der Waals surface area contributed by atoms with Gasteiger partial charge in [-0.15, -0.1) is 0 Å². The minimum absolute atomic E-state index is 0.00744. The van der Waals surface area contributed by atoms with Crippen molar-refractivity contribution in [3.63, 3.8) is 0 Å². The lowest BCUT2D eigenvalue weighted by Gasteiger charge is -2.16. The van der Waals surface area contributed by atoms with Crippen LogP contribution in [0.5, 0.6) is 5.75 Å². The van der Waals surface area contributed by atoms with Crippen LogP contribution in [0.15, 0.2) is 30.6 Å². The number of fused-ring (bicyclic) bond motifs is 1. The average Bonchev–Trinajstić information content (AvgIpc) is 3.05. The Kier molecular flexibility index (Phi) is 7.23. The van der Waals surface area contributed by atoms with E-state index >= 15 is 0 Å². The van der Waals surface area contributed by atoms with Gasteiger partial charge in [0.2, 0.25) is 0 Å². The number of hydrogen-bond donors (Lipinski definition) is 3. The van der Waals surface area contributed by atoms with Crippen molar-refractivity contribution in [2.45, 2.75) is 20.0 Å².